The summed E-state index contributed by atoms with van der Waals surface area (Å²) in [5, 5.41) is 0. The smallest absolute Gasteiger partial charge is 0.247 e. The average molecular weight is 1100 g/mol. The molecular weight excluding hydrogens is 1010 g/mol. The van der Waals surface area contributed by atoms with Crippen LogP contribution in [-0.2, 0) is 57.7 Å². The van der Waals surface area contributed by atoms with Crippen LogP contribution in [0.3, 0.4) is 0 Å². The zero-order chi connectivity index (χ0) is 60.7. The van der Waals surface area contributed by atoms with E-state index >= 15 is 0 Å². The molecule has 0 unspecified atom stereocenters. The summed E-state index contributed by atoms with van der Waals surface area (Å²) in [4.78, 5) is 50.3. The van der Waals surface area contributed by atoms with Crippen LogP contribution < -0.4 is 24.5 Å². The summed E-state index contributed by atoms with van der Waals surface area (Å²) >= 11 is 0. The molecule has 82 heavy (non-hydrogen) atoms. The fraction of sp³-hybridized carbons (Fsp3) is 0.473. The van der Waals surface area contributed by atoms with Gasteiger partial charge in [0.2, 0.25) is 17.7 Å². The van der Waals surface area contributed by atoms with Gasteiger partial charge in [0.15, 0.2) is 0 Å². The molecule has 8 heteroatoms. The molecule has 0 aromatic heterocycles. The van der Waals surface area contributed by atoms with E-state index in [4.69, 9.17) is 0 Å². The van der Waals surface area contributed by atoms with Gasteiger partial charge in [-0.2, -0.15) is 0 Å². The zero-order valence-electron chi connectivity index (χ0n) is 54.4. The third-order valence-electron chi connectivity index (χ3n) is 16.8. The van der Waals surface area contributed by atoms with Crippen LogP contribution >= 0.6 is 0 Å². The minimum Gasteiger partial charge on any atom is -0.310 e. The first-order valence-corrected chi connectivity index (χ1v) is 29.9. The number of carbonyl (C=O) groups excluding carboxylic acids is 3. The van der Waals surface area contributed by atoms with E-state index in [1.165, 1.54) is 44.5 Å². The molecule has 434 valence electrons. The van der Waals surface area contributed by atoms with E-state index in [0.717, 1.165) is 45.3 Å². The number of nitrogens with zero attached hydrogens (tertiary/aromatic N) is 5. The van der Waals surface area contributed by atoms with Crippen LogP contribution in [0.1, 0.15) is 211 Å². The topological polar surface area (TPSA) is 66.7 Å². The number of amides is 3. The van der Waals surface area contributed by atoms with Gasteiger partial charge in [-0.15, -0.1) is 0 Å². The molecule has 6 aromatic rings. The van der Waals surface area contributed by atoms with E-state index in [9.17, 15) is 14.4 Å². The number of hydrogen-bond donors (Lipinski definition) is 0. The number of hydrogen-bond acceptors (Lipinski definition) is 5. The van der Waals surface area contributed by atoms with Crippen molar-refractivity contribution in [3.8, 4) is 11.1 Å². The highest BCUT2D eigenvalue weighted by Gasteiger charge is 2.43. The summed E-state index contributed by atoms with van der Waals surface area (Å²) in [7, 11) is 0. The van der Waals surface area contributed by atoms with Crippen molar-refractivity contribution < 1.29 is 14.4 Å². The number of carbonyl (C=O) groups is 3. The second-order valence-corrected chi connectivity index (χ2v) is 32.3. The maximum atomic E-state index is 13.7. The predicted molar refractivity (Wildman–Crippen MR) is 348 cm³/mol. The van der Waals surface area contributed by atoms with E-state index < -0.39 is 0 Å². The fourth-order valence-electron chi connectivity index (χ4n) is 10.7. The van der Waals surface area contributed by atoms with E-state index in [1.54, 1.807) is 14.7 Å². The Balaban J connectivity index is 1.51. The van der Waals surface area contributed by atoms with Crippen LogP contribution in [0.15, 0.2) is 103 Å². The van der Waals surface area contributed by atoms with Crippen LogP contribution in [0.5, 0.6) is 0 Å². The number of anilines is 9. The van der Waals surface area contributed by atoms with Crippen molar-refractivity contribution in [2.75, 3.05) is 44.1 Å². The molecule has 0 spiro atoms. The van der Waals surface area contributed by atoms with Gasteiger partial charge in [-0.1, -0.05) is 190 Å². The molecule has 0 atom stereocenters. The molecule has 9 rings (SSSR count). The summed E-state index contributed by atoms with van der Waals surface area (Å²) in [6.07, 6.45) is 0. The van der Waals surface area contributed by atoms with Gasteiger partial charge in [0.1, 0.15) is 19.6 Å². The fourth-order valence-corrected chi connectivity index (χ4v) is 10.7. The summed E-state index contributed by atoms with van der Waals surface area (Å²) in [6, 6.07) is 39.7. The maximum absolute atomic E-state index is 13.7. The Morgan fingerprint density at radius 2 is 0.451 bits per heavy atom. The van der Waals surface area contributed by atoms with Crippen molar-refractivity contribution in [2.24, 2.45) is 0 Å². The van der Waals surface area contributed by atoms with Gasteiger partial charge in [-0.25, -0.2) is 0 Å². The lowest BCUT2D eigenvalue weighted by atomic mass is 9.79. The highest BCUT2D eigenvalue weighted by molar-refractivity contribution is 6.22. The molecule has 0 aliphatic carbocycles. The first kappa shape index (κ1) is 59.9. The molecule has 3 amide bonds. The number of benzene rings is 6. The van der Waals surface area contributed by atoms with Gasteiger partial charge >= 0.3 is 0 Å². The van der Waals surface area contributed by atoms with Crippen LogP contribution in [0.2, 0.25) is 0 Å². The normalized spacial score (nSPS) is 15.4. The van der Waals surface area contributed by atoms with Gasteiger partial charge in [-0.3, -0.25) is 24.2 Å². The lowest BCUT2D eigenvalue weighted by molar-refractivity contribution is -0.110. The third kappa shape index (κ3) is 12.5. The molecule has 3 fully saturated rings. The van der Waals surface area contributed by atoms with Crippen LogP contribution in [-0.4, -0.2) is 37.4 Å². The molecule has 0 saturated carbocycles. The van der Waals surface area contributed by atoms with E-state index in [2.05, 4.69) is 273 Å². The molecule has 3 aliphatic rings. The zero-order valence-corrected chi connectivity index (χ0v) is 54.4. The molecule has 0 bridgehead atoms. The highest BCUT2D eigenvalue weighted by atomic mass is 16.2. The van der Waals surface area contributed by atoms with Crippen molar-refractivity contribution in [1.29, 1.82) is 0 Å². The monoisotopic (exact) mass is 1100 g/mol. The van der Waals surface area contributed by atoms with E-state index in [-0.39, 0.29) is 80.7 Å². The van der Waals surface area contributed by atoms with Crippen molar-refractivity contribution >= 4 is 68.9 Å². The number of rotatable bonds is 10. The van der Waals surface area contributed by atoms with Crippen LogP contribution in [0.4, 0.5) is 51.2 Å². The summed E-state index contributed by atoms with van der Waals surface area (Å²) < 4.78 is 0. The van der Waals surface area contributed by atoms with Crippen molar-refractivity contribution in [3.63, 3.8) is 0 Å². The Morgan fingerprint density at radius 1 is 0.256 bits per heavy atom. The highest BCUT2D eigenvalue weighted by Crippen LogP contribution is 2.52. The molecule has 6 aromatic carbocycles. The maximum Gasteiger partial charge on any atom is 0.247 e. The van der Waals surface area contributed by atoms with Gasteiger partial charge in [-0.05, 0) is 172 Å². The Bertz CT molecular complexity index is 3110. The van der Waals surface area contributed by atoms with E-state index in [1.807, 2.05) is 6.07 Å². The Hall–Kier alpha value is -6.67. The van der Waals surface area contributed by atoms with Crippen molar-refractivity contribution in [1.82, 2.24) is 0 Å². The van der Waals surface area contributed by atoms with E-state index in [0.29, 0.717) is 17.1 Å². The Labute approximate surface area is 493 Å². The van der Waals surface area contributed by atoms with Crippen LogP contribution in [0, 0.1) is 0 Å². The minimum atomic E-state index is -0.187. The second kappa shape index (κ2) is 19.7. The van der Waals surface area contributed by atoms with Gasteiger partial charge in [0.05, 0.1) is 17.1 Å². The van der Waals surface area contributed by atoms with Crippen molar-refractivity contribution in [2.45, 2.75) is 209 Å². The molecule has 0 radical (unpaired) electrons. The van der Waals surface area contributed by atoms with Crippen molar-refractivity contribution in [3.05, 3.63) is 148 Å². The lowest BCUT2D eigenvalue weighted by Crippen LogP contribution is -2.22. The van der Waals surface area contributed by atoms with Gasteiger partial charge in [0, 0.05) is 39.7 Å². The minimum absolute atomic E-state index is 0.00401. The summed E-state index contributed by atoms with van der Waals surface area (Å²) in [5.74, 6) is -0.0166. The molecular formula is C74H95N5O3. The standard InChI is InChI=1S/C74H95N5O3/c1-67(2,3)46-27-47(68(4,5)6)32-56(31-46)78(57-33-48(69(7,8)9)28-49(34-57)70(10,11)12)54-25-45(60-40-62(76-43-65(76)81)63(77-44-66(77)82)41-61(60)75-42-64(75)80)26-55(39-54)79(58-35-50(71(13,14)15)29-51(36-58)72(16,17)18)59-37-52(73(19,20)21)30-53(38-59)74(22,23)24/h25-41H,42-44H2,1-24H3. The quantitative estimate of drug-likeness (QED) is 0.128. The molecule has 0 N–H and O–H groups in total. The first-order valence-electron chi connectivity index (χ1n) is 29.9. The third-order valence-corrected chi connectivity index (χ3v) is 16.8. The first-order chi connectivity index (χ1) is 37.4. The molecule has 8 nitrogen and oxygen atoms in total. The molecule has 3 saturated heterocycles. The Kier molecular flexibility index (Phi) is 14.4. The predicted octanol–water partition coefficient (Wildman–Crippen LogP) is 18.7. The SMILES string of the molecule is CC(C)(C)c1cc(N(c2cc(-c3cc(N4CC4=O)c(N4CC4=O)cc3N3CC3=O)cc(N(c3cc(C(C)(C)C)cc(C(C)(C)C)c3)c3cc(C(C)(C)C)cc(C(C)(C)C)c3)c2)c2cc(C(C)(C)C)cc(C(C)(C)C)c2)cc(C(C)(C)C)c1. The second-order valence-electron chi connectivity index (χ2n) is 32.3. The molecule has 3 aliphatic heterocycles. The van der Waals surface area contributed by atoms with Gasteiger partial charge < -0.3 is 14.7 Å². The largest absolute Gasteiger partial charge is 0.310 e. The lowest BCUT2D eigenvalue weighted by Gasteiger charge is -2.36. The van der Waals surface area contributed by atoms with Gasteiger partial charge in [0.25, 0.3) is 0 Å². The van der Waals surface area contributed by atoms with Crippen LogP contribution in [0.25, 0.3) is 11.1 Å². The summed E-state index contributed by atoms with van der Waals surface area (Å²) in [6.45, 7) is 56.0. The summed E-state index contributed by atoms with van der Waals surface area (Å²) in [5.41, 5.74) is 18.1. The molecule has 3 heterocycles. The Morgan fingerprint density at radius 3 is 0.659 bits per heavy atom. The average Bonchev–Trinajstić information content (AvgIpc) is 2.07.